The molecule has 3 aromatic rings. The summed E-state index contributed by atoms with van der Waals surface area (Å²) in [6, 6.07) is 7.22. The van der Waals surface area contributed by atoms with Crippen molar-refractivity contribution in [2.45, 2.75) is 19.9 Å². The highest BCUT2D eigenvalue weighted by Crippen LogP contribution is 2.30. The van der Waals surface area contributed by atoms with E-state index in [4.69, 9.17) is 13.9 Å². The summed E-state index contributed by atoms with van der Waals surface area (Å²) in [5, 5.41) is 5.75. The fourth-order valence-corrected chi connectivity index (χ4v) is 4.18. The smallest absolute Gasteiger partial charge is 0.350 e. The van der Waals surface area contributed by atoms with Gasteiger partial charge in [-0.25, -0.2) is 19.4 Å². The highest BCUT2D eigenvalue weighted by molar-refractivity contribution is 7.17. The Hall–Kier alpha value is -3.99. The first-order valence-electron chi connectivity index (χ1n) is 10.0. The Balaban J connectivity index is 1.59. The van der Waals surface area contributed by atoms with Gasteiger partial charge < -0.3 is 24.5 Å². The third-order valence-corrected chi connectivity index (χ3v) is 5.85. The van der Waals surface area contributed by atoms with Gasteiger partial charge in [0.25, 0.3) is 0 Å². The molecule has 170 valence electrons. The Kier molecular flexibility index (Phi) is 6.50. The van der Waals surface area contributed by atoms with Crippen LogP contribution in [-0.4, -0.2) is 41.2 Å². The van der Waals surface area contributed by atoms with Crippen LogP contribution >= 0.6 is 11.3 Å². The first-order chi connectivity index (χ1) is 16.0. The van der Waals surface area contributed by atoms with Gasteiger partial charge in [-0.15, -0.1) is 11.3 Å². The normalized spacial score (nSPS) is 15.6. The quantitative estimate of drug-likeness (QED) is 0.506. The van der Waals surface area contributed by atoms with Crippen LogP contribution < -0.4 is 10.6 Å². The van der Waals surface area contributed by atoms with Gasteiger partial charge in [0.15, 0.2) is 0 Å². The van der Waals surface area contributed by atoms with Crippen molar-refractivity contribution < 1.29 is 28.3 Å². The summed E-state index contributed by atoms with van der Waals surface area (Å²) in [5.41, 5.74) is 1.34. The minimum absolute atomic E-state index is 0.0920. The summed E-state index contributed by atoms with van der Waals surface area (Å²) in [6.07, 6.45) is 3.07. The number of pyridine rings is 1. The molecule has 0 bridgehead atoms. The van der Waals surface area contributed by atoms with E-state index in [1.807, 2.05) is 6.07 Å². The van der Waals surface area contributed by atoms with Crippen molar-refractivity contribution >= 4 is 29.3 Å². The van der Waals surface area contributed by atoms with Gasteiger partial charge in [0.05, 0.1) is 35.5 Å². The second-order valence-corrected chi connectivity index (χ2v) is 7.88. The molecular weight excluding hydrogens is 448 g/mol. The molecular formula is C22H20N4O6S. The maximum atomic E-state index is 12.8. The molecule has 4 heterocycles. The van der Waals surface area contributed by atoms with E-state index in [0.717, 1.165) is 11.3 Å². The van der Waals surface area contributed by atoms with E-state index in [1.54, 1.807) is 44.3 Å². The van der Waals surface area contributed by atoms with Crippen LogP contribution in [-0.2, 0) is 14.3 Å². The van der Waals surface area contributed by atoms with Crippen LogP contribution in [0.25, 0.3) is 10.7 Å². The van der Waals surface area contributed by atoms with Gasteiger partial charge in [-0.05, 0) is 38.1 Å². The van der Waals surface area contributed by atoms with Crippen LogP contribution in [0.1, 0.15) is 34.1 Å². The molecule has 1 aliphatic rings. The topological polar surface area (TPSA) is 133 Å². The molecule has 11 heteroatoms. The van der Waals surface area contributed by atoms with Crippen LogP contribution in [0.3, 0.4) is 0 Å². The van der Waals surface area contributed by atoms with E-state index < -0.39 is 24.0 Å². The van der Waals surface area contributed by atoms with Gasteiger partial charge in [-0.1, -0.05) is 6.07 Å². The monoisotopic (exact) mass is 468 g/mol. The van der Waals surface area contributed by atoms with Crippen LogP contribution in [0.15, 0.2) is 58.5 Å². The predicted molar refractivity (Wildman–Crippen MR) is 117 cm³/mol. The summed E-state index contributed by atoms with van der Waals surface area (Å²) >= 11 is 1.15. The average Bonchev–Trinajstić information content (AvgIpc) is 3.48. The molecule has 2 N–H and O–H groups in total. The molecule has 0 saturated carbocycles. The average molecular weight is 468 g/mol. The fraction of sp³-hybridized carbons (Fsp3) is 0.227. The maximum Gasteiger partial charge on any atom is 0.350 e. The molecule has 0 aromatic carbocycles. The second-order valence-electron chi connectivity index (χ2n) is 6.88. The number of thiazole rings is 1. The Morgan fingerprint density at radius 3 is 2.73 bits per heavy atom. The largest absolute Gasteiger partial charge is 0.467 e. The lowest BCUT2D eigenvalue weighted by atomic mass is 10.0. The van der Waals surface area contributed by atoms with Gasteiger partial charge in [0, 0.05) is 6.20 Å². The van der Waals surface area contributed by atoms with E-state index in [9.17, 15) is 14.4 Å². The van der Waals surface area contributed by atoms with Crippen molar-refractivity contribution in [3.63, 3.8) is 0 Å². The van der Waals surface area contributed by atoms with Crippen LogP contribution in [0.5, 0.6) is 0 Å². The van der Waals surface area contributed by atoms with Crippen molar-refractivity contribution in [3.05, 3.63) is 70.4 Å². The molecule has 10 nitrogen and oxygen atoms in total. The lowest BCUT2D eigenvalue weighted by molar-refractivity contribution is -0.139. The zero-order valence-corrected chi connectivity index (χ0v) is 18.6. The van der Waals surface area contributed by atoms with E-state index in [0.29, 0.717) is 27.0 Å². The number of carbonyl (C=O) groups is 3. The van der Waals surface area contributed by atoms with Crippen molar-refractivity contribution in [2.75, 3.05) is 13.2 Å². The number of amides is 2. The number of nitrogens with one attached hydrogen (secondary N) is 2. The molecule has 0 fully saturated rings. The second kappa shape index (κ2) is 9.65. The lowest BCUT2D eigenvalue weighted by Gasteiger charge is -2.27. The molecule has 0 radical (unpaired) electrons. The van der Waals surface area contributed by atoms with Crippen LogP contribution in [0, 0.1) is 6.92 Å². The Morgan fingerprint density at radius 1 is 1.18 bits per heavy atom. The van der Waals surface area contributed by atoms with Gasteiger partial charge in [-0.2, -0.15) is 0 Å². The molecule has 0 saturated heterocycles. The zero-order valence-electron chi connectivity index (χ0n) is 17.8. The summed E-state index contributed by atoms with van der Waals surface area (Å²) in [7, 11) is 0. The summed E-state index contributed by atoms with van der Waals surface area (Å²) in [4.78, 5) is 46.6. The number of furan rings is 1. The summed E-state index contributed by atoms with van der Waals surface area (Å²) < 4.78 is 16.0. The number of carbonyl (C=O) groups excluding carboxylic acids is 3. The van der Waals surface area contributed by atoms with E-state index >= 15 is 0 Å². The molecule has 0 aliphatic carbocycles. The molecule has 1 atom stereocenters. The van der Waals surface area contributed by atoms with Gasteiger partial charge in [0.1, 0.15) is 28.3 Å². The van der Waals surface area contributed by atoms with Crippen LogP contribution in [0.2, 0.25) is 0 Å². The molecule has 0 spiro atoms. The fourth-order valence-electron chi connectivity index (χ4n) is 3.24. The minimum atomic E-state index is -0.887. The number of hydrogen-bond acceptors (Lipinski definition) is 9. The number of aromatic nitrogens is 2. The van der Waals surface area contributed by atoms with Crippen molar-refractivity contribution in [1.29, 1.82) is 0 Å². The molecule has 2 amide bonds. The number of esters is 2. The van der Waals surface area contributed by atoms with E-state index in [-0.39, 0.29) is 24.5 Å². The standard InChI is InChI=1S/C22H20N4O6S/c1-3-30-20(27)16-14(25-22(29)26-17(16)15-8-6-10-31-15)11-32-21(28)18-12(2)24-19(33-18)13-7-4-5-9-23-13/h4-10,17H,3,11H2,1-2H3,(H2,25,26,29). The molecule has 1 unspecified atom stereocenters. The SMILES string of the molecule is CCOC(=O)C1=C(COC(=O)c2sc(-c3ccccn3)nc2C)NC(=O)NC1c1ccco1. The Morgan fingerprint density at radius 2 is 2.03 bits per heavy atom. The van der Waals surface area contributed by atoms with Crippen molar-refractivity contribution in [3.8, 4) is 10.7 Å². The van der Waals surface area contributed by atoms with Gasteiger partial charge >= 0.3 is 18.0 Å². The van der Waals surface area contributed by atoms with Gasteiger partial charge in [-0.3, -0.25) is 4.98 Å². The van der Waals surface area contributed by atoms with Crippen LogP contribution in [0.4, 0.5) is 4.79 Å². The molecule has 3 aromatic heterocycles. The first-order valence-corrected chi connectivity index (χ1v) is 10.9. The predicted octanol–water partition coefficient (Wildman–Crippen LogP) is 3.13. The Bertz CT molecular complexity index is 1200. The van der Waals surface area contributed by atoms with Crippen molar-refractivity contribution in [1.82, 2.24) is 20.6 Å². The zero-order chi connectivity index (χ0) is 23.4. The lowest BCUT2D eigenvalue weighted by Crippen LogP contribution is -2.47. The number of hydrogen-bond donors (Lipinski definition) is 2. The highest BCUT2D eigenvalue weighted by Gasteiger charge is 2.36. The number of nitrogens with zero attached hydrogens (tertiary/aromatic N) is 2. The first kappa shape index (κ1) is 22.2. The van der Waals surface area contributed by atoms with Crippen molar-refractivity contribution in [2.24, 2.45) is 0 Å². The number of ether oxygens (including phenoxy) is 2. The van der Waals surface area contributed by atoms with Gasteiger partial charge in [0.2, 0.25) is 0 Å². The third kappa shape index (κ3) is 4.77. The molecule has 33 heavy (non-hydrogen) atoms. The van der Waals surface area contributed by atoms with E-state index in [1.165, 1.54) is 6.26 Å². The highest BCUT2D eigenvalue weighted by atomic mass is 32.1. The molecule has 4 rings (SSSR count). The molecule has 1 aliphatic heterocycles. The number of rotatable bonds is 7. The number of aryl methyl sites for hydroxylation is 1. The summed E-state index contributed by atoms with van der Waals surface area (Å²) in [6.45, 7) is 3.14. The maximum absolute atomic E-state index is 12.8. The number of urea groups is 1. The van der Waals surface area contributed by atoms with E-state index in [2.05, 4.69) is 20.6 Å². The Labute approximate surface area is 192 Å². The summed E-state index contributed by atoms with van der Waals surface area (Å²) in [5.74, 6) is -0.955. The third-order valence-electron chi connectivity index (χ3n) is 4.69. The minimum Gasteiger partial charge on any atom is -0.467 e.